The molecule has 20 heavy (non-hydrogen) atoms. The highest BCUT2D eigenvalue weighted by Crippen LogP contribution is 2.14. The van der Waals surface area contributed by atoms with E-state index >= 15 is 0 Å². The van der Waals surface area contributed by atoms with Crippen molar-refractivity contribution in [3.8, 4) is 0 Å². The van der Waals surface area contributed by atoms with Gasteiger partial charge in [0.15, 0.2) is 0 Å². The largest absolute Gasteiger partial charge is 0.375 e. The molecule has 2 atom stereocenters. The molecule has 1 aliphatic rings. The van der Waals surface area contributed by atoms with E-state index in [1.54, 1.807) is 4.90 Å². The summed E-state index contributed by atoms with van der Waals surface area (Å²) in [6.07, 6.45) is 1.22. The lowest BCUT2D eigenvalue weighted by atomic mass is 9.98. The molecular formula is C15H26N2O3. The number of amides is 2. The minimum Gasteiger partial charge on any atom is -0.375 e. The van der Waals surface area contributed by atoms with Crippen LogP contribution in [0.4, 0.5) is 0 Å². The molecule has 0 aromatic carbocycles. The van der Waals surface area contributed by atoms with E-state index in [2.05, 4.69) is 11.9 Å². The van der Waals surface area contributed by atoms with Crippen LogP contribution < -0.4 is 5.32 Å². The maximum Gasteiger partial charge on any atom is 0.245 e. The third-order valence-electron chi connectivity index (χ3n) is 3.57. The molecule has 0 aliphatic carbocycles. The van der Waals surface area contributed by atoms with Crippen LogP contribution in [-0.4, -0.2) is 49.1 Å². The molecule has 0 bridgehead atoms. The molecule has 0 aromatic rings. The van der Waals surface area contributed by atoms with E-state index < -0.39 is 6.04 Å². The minimum absolute atomic E-state index is 0.00382. The zero-order valence-electron chi connectivity index (χ0n) is 12.8. The minimum atomic E-state index is -0.406. The van der Waals surface area contributed by atoms with Gasteiger partial charge in [-0.05, 0) is 12.8 Å². The number of carbonyl (C=O) groups excluding carboxylic acids is 2. The number of rotatable bonds is 7. The predicted octanol–water partition coefficient (Wildman–Crippen LogP) is 1.34. The summed E-state index contributed by atoms with van der Waals surface area (Å²) in [6, 6.07) is -0.406. The standard InChI is InChI=1S/C15H26N2O3/c1-5-12(4)14-15(19)17(7-6-13(18)16-14)8-9-20-10-11(2)3/h12,14H,2,5-10H2,1,3-4H3,(H,16,18). The Bertz CT molecular complexity index is 368. The van der Waals surface area contributed by atoms with Gasteiger partial charge >= 0.3 is 0 Å². The summed E-state index contributed by atoms with van der Waals surface area (Å²) >= 11 is 0. The second-order valence-corrected chi connectivity index (χ2v) is 5.52. The van der Waals surface area contributed by atoms with E-state index in [0.717, 1.165) is 12.0 Å². The second kappa shape index (κ2) is 8.04. The molecule has 114 valence electrons. The first kappa shape index (κ1) is 16.7. The molecular weight excluding hydrogens is 256 g/mol. The fraction of sp³-hybridized carbons (Fsp3) is 0.733. The van der Waals surface area contributed by atoms with Crippen molar-refractivity contribution in [2.45, 2.75) is 39.7 Å². The Morgan fingerprint density at radius 1 is 1.55 bits per heavy atom. The van der Waals surface area contributed by atoms with E-state index in [4.69, 9.17) is 4.74 Å². The Labute approximate surface area is 121 Å². The van der Waals surface area contributed by atoms with E-state index in [-0.39, 0.29) is 17.7 Å². The maximum absolute atomic E-state index is 12.5. The average molecular weight is 282 g/mol. The molecule has 5 nitrogen and oxygen atoms in total. The molecule has 1 fully saturated rings. The molecule has 0 spiro atoms. The van der Waals surface area contributed by atoms with Crippen LogP contribution in [0.25, 0.3) is 0 Å². The molecule has 2 unspecified atom stereocenters. The third kappa shape index (κ3) is 4.96. The van der Waals surface area contributed by atoms with Gasteiger partial charge in [0, 0.05) is 19.5 Å². The van der Waals surface area contributed by atoms with Crippen molar-refractivity contribution < 1.29 is 14.3 Å². The topological polar surface area (TPSA) is 58.6 Å². The molecule has 1 aliphatic heterocycles. The first-order valence-electron chi connectivity index (χ1n) is 7.26. The van der Waals surface area contributed by atoms with Crippen molar-refractivity contribution in [2.75, 3.05) is 26.3 Å². The number of nitrogens with one attached hydrogen (secondary N) is 1. The molecule has 0 aromatic heterocycles. The zero-order chi connectivity index (χ0) is 15.1. The Morgan fingerprint density at radius 3 is 2.85 bits per heavy atom. The summed E-state index contributed by atoms with van der Waals surface area (Å²) < 4.78 is 5.44. The normalized spacial score (nSPS) is 21.4. The predicted molar refractivity (Wildman–Crippen MR) is 78.2 cm³/mol. The number of hydrogen-bond acceptors (Lipinski definition) is 3. The highest BCUT2D eigenvalue weighted by Gasteiger charge is 2.32. The summed E-state index contributed by atoms with van der Waals surface area (Å²) in [5.41, 5.74) is 0.960. The highest BCUT2D eigenvalue weighted by molar-refractivity contribution is 5.90. The number of ether oxygens (including phenoxy) is 1. The van der Waals surface area contributed by atoms with Crippen molar-refractivity contribution >= 4 is 11.8 Å². The maximum atomic E-state index is 12.5. The van der Waals surface area contributed by atoms with Gasteiger partial charge < -0.3 is 15.0 Å². The molecule has 1 saturated heterocycles. The second-order valence-electron chi connectivity index (χ2n) is 5.52. The molecule has 5 heteroatoms. The molecule has 0 radical (unpaired) electrons. The fourth-order valence-electron chi connectivity index (χ4n) is 2.12. The molecule has 2 amide bonds. The van der Waals surface area contributed by atoms with E-state index in [1.165, 1.54) is 0 Å². The Kier molecular flexibility index (Phi) is 6.71. The van der Waals surface area contributed by atoms with Crippen LogP contribution in [-0.2, 0) is 14.3 Å². The van der Waals surface area contributed by atoms with Crippen LogP contribution in [0.2, 0.25) is 0 Å². The van der Waals surface area contributed by atoms with Crippen molar-refractivity contribution in [3.63, 3.8) is 0 Å². The summed E-state index contributed by atoms with van der Waals surface area (Å²) in [5.74, 6) is 0.0986. The van der Waals surface area contributed by atoms with Gasteiger partial charge in [0.05, 0.1) is 13.2 Å². The van der Waals surface area contributed by atoms with Gasteiger partial charge in [-0.15, -0.1) is 0 Å². The van der Waals surface area contributed by atoms with Crippen LogP contribution in [0.1, 0.15) is 33.6 Å². The van der Waals surface area contributed by atoms with Crippen molar-refractivity contribution in [3.05, 3.63) is 12.2 Å². The van der Waals surface area contributed by atoms with Crippen LogP contribution in [0.3, 0.4) is 0 Å². The fourth-order valence-corrected chi connectivity index (χ4v) is 2.12. The first-order valence-corrected chi connectivity index (χ1v) is 7.26. The van der Waals surface area contributed by atoms with Crippen LogP contribution >= 0.6 is 0 Å². The summed E-state index contributed by atoms with van der Waals surface area (Å²) in [6.45, 7) is 11.6. The third-order valence-corrected chi connectivity index (χ3v) is 3.57. The van der Waals surface area contributed by atoms with Crippen molar-refractivity contribution in [1.29, 1.82) is 0 Å². The van der Waals surface area contributed by atoms with Crippen LogP contribution in [0, 0.1) is 5.92 Å². The van der Waals surface area contributed by atoms with Crippen molar-refractivity contribution in [1.82, 2.24) is 10.2 Å². The highest BCUT2D eigenvalue weighted by atomic mass is 16.5. The SMILES string of the molecule is C=C(C)COCCN1CCC(=O)NC(C(C)CC)C1=O. The van der Waals surface area contributed by atoms with E-state index in [9.17, 15) is 9.59 Å². The van der Waals surface area contributed by atoms with Crippen LogP contribution in [0.5, 0.6) is 0 Å². The molecule has 0 saturated carbocycles. The van der Waals surface area contributed by atoms with Gasteiger partial charge in [-0.1, -0.05) is 32.4 Å². The van der Waals surface area contributed by atoms with Gasteiger partial charge in [0.2, 0.25) is 11.8 Å². The number of nitrogens with zero attached hydrogens (tertiary/aromatic N) is 1. The first-order chi connectivity index (χ1) is 9.45. The van der Waals surface area contributed by atoms with Gasteiger partial charge in [0.1, 0.15) is 6.04 Å². The summed E-state index contributed by atoms with van der Waals surface area (Å²) in [7, 11) is 0. The average Bonchev–Trinajstić information content (AvgIpc) is 2.54. The van der Waals surface area contributed by atoms with Gasteiger partial charge in [-0.25, -0.2) is 0 Å². The monoisotopic (exact) mass is 282 g/mol. The number of hydrogen-bond donors (Lipinski definition) is 1. The molecule has 1 rings (SSSR count). The van der Waals surface area contributed by atoms with Gasteiger partial charge in [-0.2, -0.15) is 0 Å². The Balaban J connectivity index is 2.58. The Hall–Kier alpha value is -1.36. The molecule has 1 N–H and O–H groups in total. The quantitative estimate of drug-likeness (QED) is 0.566. The number of carbonyl (C=O) groups is 2. The van der Waals surface area contributed by atoms with E-state index in [0.29, 0.717) is 32.7 Å². The lowest BCUT2D eigenvalue weighted by Crippen LogP contribution is -2.48. The summed E-state index contributed by atoms with van der Waals surface area (Å²) in [4.78, 5) is 25.9. The van der Waals surface area contributed by atoms with Crippen LogP contribution in [0.15, 0.2) is 12.2 Å². The lowest BCUT2D eigenvalue weighted by molar-refractivity contribution is -0.135. The summed E-state index contributed by atoms with van der Waals surface area (Å²) in [5, 5.41) is 2.83. The van der Waals surface area contributed by atoms with Gasteiger partial charge in [0.25, 0.3) is 0 Å². The zero-order valence-corrected chi connectivity index (χ0v) is 12.8. The van der Waals surface area contributed by atoms with E-state index in [1.807, 2.05) is 20.8 Å². The lowest BCUT2D eigenvalue weighted by Gasteiger charge is -2.27. The smallest absolute Gasteiger partial charge is 0.245 e. The Morgan fingerprint density at radius 2 is 2.25 bits per heavy atom. The van der Waals surface area contributed by atoms with Crippen molar-refractivity contribution in [2.24, 2.45) is 5.92 Å². The molecule has 1 heterocycles. The van der Waals surface area contributed by atoms with Gasteiger partial charge in [-0.3, -0.25) is 9.59 Å².